The van der Waals surface area contributed by atoms with E-state index in [9.17, 15) is 10.1 Å². The average Bonchev–Trinajstić information content (AvgIpc) is 2.91. The lowest BCUT2D eigenvalue weighted by Gasteiger charge is -2.17. The van der Waals surface area contributed by atoms with Crippen molar-refractivity contribution in [2.75, 3.05) is 0 Å². The first-order chi connectivity index (χ1) is 11.3. The predicted molar refractivity (Wildman–Crippen MR) is 90.7 cm³/mol. The summed E-state index contributed by atoms with van der Waals surface area (Å²) in [6.07, 6.45) is 5.45. The van der Waals surface area contributed by atoms with E-state index in [0.29, 0.717) is 17.8 Å². The van der Waals surface area contributed by atoms with Gasteiger partial charge in [0.2, 0.25) is 0 Å². The largest absolute Gasteiger partial charge is 0.321 e. The van der Waals surface area contributed by atoms with Gasteiger partial charge >= 0.3 is 0 Å². The maximum Gasteiger partial charge on any atom is 0.260 e. The van der Waals surface area contributed by atoms with Gasteiger partial charge in [-0.15, -0.1) is 6.58 Å². The van der Waals surface area contributed by atoms with Crippen molar-refractivity contribution in [3.63, 3.8) is 0 Å². The van der Waals surface area contributed by atoms with Crippen LogP contribution in [0.25, 0.3) is 16.7 Å². The van der Waals surface area contributed by atoms with Gasteiger partial charge in [-0.05, 0) is 43.4 Å². The van der Waals surface area contributed by atoms with Crippen LogP contribution in [0.1, 0.15) is 29.5 Å². The molecule has 0 fully saturated rings. The van der Waals surface area contributed by atoms with E-state index in [0.717, 1.165) is 47.8 Å². The molecule has 0 saturated heterocycles. The Bertz CT molecular complexity index is 1050. The fourth-order valence-corrected chi connectivity index (χ4v) is 3.80. The molecule has 0 aliphatic heterocycles. The van der Waals surface area contributed by atoms with Crippen LogP contribution in [-0.4, -0.2) is 8.97 Å². The molecule has 0 saturated carbocycles. The highest BCUT2D eigenvalue weighted by Crippen LogP contribution is 2.29. The Kier molecular flexibility index (Phi) is 3.09. The second kappa shape index (κ2) is 5.13. The molecule has 114 valence electrons. The number of hydrogen-bond donors (Lipinski definition) is 0. The van der Waals surface area contributed by atoms with Crippen molar-refractivity contribution >= 4 is 16.7 Å². The van der Waals surface area contributed by atoms with E-state index < -0.39 is 0 Å². The number of para-hydroxylation sites is 2. The number of hydrogen-bond acceptors (Lipinski definition) is 2. The lowest BCUT2D eigenvalue weighted by atomic mass is 9.90. The molecule has 0 bridgehead atoms. The molecule has 4 heteroatoms. The lowest BCUT2D eigenvalue weighted by Crippen LogP contribution is -2.25. The van der Waals surface area contributed by atoms with Crippen LogP contribution in [0.2, 0.25) is 0 Å². The van der Waals surface area contributed by atoms with E-state index in [4.69, 9.17) is 0 Å². The Morgan fingerprint density at radius 1 is 1.17 bits per heavy atom. The van der Waals surface area contributed by atoms with Gasteiger partial charge in [0, 0.05) is 12.1 Å². The third-order valence-corrected chi connectivity index (χ3v) is 4.76. The van der Waals surface area contributed by atoms with Gasteiger partial charge in [-0.2, -0.15) is 5.26 Å². The van der Waals surface area contributed by atoms with Gasteiger partial charge in [0.05, 0.1) is 16.6 Å². The number of pyridine rings is 1. The summed E-state index contributed by atoms with van der Waals surface area (Å²) < 4.78 is 3.75. The fraction of sp³-hybridized carbons (Fsp3) is 0.263. The number of allylic oxidation sites excluding steroid dienone is 1. The number of imidazole rings is 1. The molecule has 2 aromatic heterocycles. The van der Waals surface area contributed by atoms with Crippen molar-refractivity contribution in [1.29, 1.82) is 5.26 Å². The number of benzene rings is 1. The average molecular weight is 303 g/mol. The third kappa shape index (κ3) is 1.80. The summed E-state index contributed by atoms with van der Waals surface area (Å²) in [5.41, 5.74) is 5.00. The Morgan fingerprint density at radius 2 is 1.87 bits per heavy atom. The minimum atomic E-state index is 0.0349. The second-order valence-corrected chi connectivity index (χ2v) is 6.00. The van der Waals surface area contributed by atoms with Gasteiger partial charge < -0.3 is 4.57 Å². The zero-order chi connectivity index (χ0) is 16.0. The number of nitrogens with zero attached hydrogens (tertiary/aromatic N) is 3. The van der Waals surface area contributed by atoms with Gasteiger partial charge in [-0.3, -0.25) is 9.20 Å². The molecule has 4 rings (SSSR count). The summed E-state index contributed by atoms with van der Waals surface area (Å²) in [6.45, 7) is 4.40. The molecule has 0 N–H and O–H groups in total. The molecule has 0 radical (unpaired) electrons. The van der Waals surface area contributed by atoms with Crippen molar-refractivity contribution in [3.8, 4) is 6.07 Å². The smallest absolute Gasteiger partial charge is 0.260 e. The number of rotatable bonds is 2. The predicted octanol–water partition coefficient (Wildman–Crippen LogP) is 3.19. The summed E-state index contributed by atoms with van der Waals surface area (Å²) in [5.74, 6) is 0. The molecule has 0 atom stereocenters. The van der Waals surface area contributed by atoms with Crippen LogP contribution in [0, 0.1) is 11.3 Å². The summed E-state index contributed by atoms with van der Waals surface area (Å²) in [6, 6.07) is 10.2. The highest BCUT2D eigenvalue weighted by atomic mass is 16.1. The van der Waals surface area contributed by atoms with E-state index in [1.54, 1.807) is 10.5 Å². The SMILES string of the molecule is C=CCn1c2ccccc2n2c(=O)c3c(c(C#N)c12)CCCC3. The molecule has 23 heavy (non-hydrogen) atoms. The van der Waals surface area contributed by atoms with Gasteiger partial charge in [-0.1, -0.05) is 18.2 Å². The molecule has 0 unspecified atom stereocenters. The van der Waals surface area contributed by atoms with Crippen molar-refractivity contribution in [1.82, 2.24) is 8.97 Å². The molecular weight excluding hydrogens is 286 g/mol. The van der Waals surface area contributed by atoms with E-state index >= 15 is 0 Å². The first kappa shape index (κ1) is 13.8. The molecule has 0 spiro atoms. The first-order valence-electron chi connectivity index (χ1n) is 7.96. The minimum Gasteiger partial charge on any atom is -0.321 e. The summed E-state index contributed by atoms with van der Waals surface area (Å²) in [5, 5.41) is 9.80. The molecule has 2 heterocycles. The van der Waals surface area contributed by atoms with Crippen LogP contribution in [-0.2, 0) is 19.4 Å². The molecule has 1 aromatic carbocycles. The monoisotopic (exact) mass is 303 g/mol. The van der Waals surface area contributed by atoms with E-state index in [1.807, 2.05) is 28.8 Å². The standard InChI is InChI=1S/C19H17N3O/c1-2-11-21-16-9-5-6-10-17(16)22-18(21)15(12-20)13-7-3-4-8-14(13)19(22)23/h2,5-6,9-10H,1,3-4,7-8,11H2. The van der Waals surface area contributed by atoms with Gasteiger partial charge in [-0.25, -0.2) is 0 Å². The fourth-order valence-electron chi connectivity index (χ4n) is 3.80. The topological polar surface area (TPSA) is 50.2 Å². The van der Waals surface area contributed by atoms with Crippen LogP contribution < -0.4 is 5.56 Å². The molecule has 0 amide bonds. The Hall–Kier alpha value is -2.80. The highest BCUT2D eigenvalue weighted by Gasteiger charge is 2.24. The summed E-state index contributed by atoms with van der Waals surface area (Å²) >= 11 is 0. The van der Waals surface area contributed by atoms with Crippen molar-refractivity contribution in [3.05, 3.63) is 64.0 Å². The van der Waals surface area contributed by atoms with Gasteiger partial charge in [0.15, 0.2) is 0 Å². The lowest BCUT2D eigenvalue weighted by molar-refractivity contribution is 0.673. The maximum absolute atomic E-state index is 13.1. The Balaban J connectivity index is 2.32. The van der Waals surface area contributed by atoms with Crippen LogP contribution >= 0.6 is 0 Å². The number of fused-ring (bicyclic) bond motifs is 4. The zero-order valence-electron chi connectivity index (χ0n) is 12.9. The van der Waals surface area contributed by atoms with Crippen LogP contribution in [0.3, 0.4) is 0 Å². The van der Waals surface area contributed by atoms with Crippen molar-refractivity contribution in [2.24, 2.45) is 0 Å². The molecule has 4 nitrogen and oxygen atoms in total. The first-order valence-corrected chi connectivity index (χ1v) is 7.96. The van der Waals surface area contributed by atoms with E-state index in [1.165, 1.54) is 0 Å². The maximum atomic E-state index is 13.1. The summed E-state index contributed by atoms with van der Waals surface area (Å²) in [4.78, 5) is 13.1. The van der Waals surface area contributed by atoms with Gasteiger partial charge in [0.1, 0.15) is 11.7 Å². The van der Waals surface area contributed by atoms with Crippen LogP contribution in [0.5, 0.6) is 0 Å². The van der Waals surface area contributed by atoms with Crippen molar-refractivity contribution in [2.45, 2.75) is 32.2 Å². The number of nitriles is 1. The molecule has 1 aliphatic carbocycles. The van der Waals surface area contributed by atoms with Crippen LogP contribution in [0.4, 0.5) is 0 Å². The summed E-state index contributed by atoms with van der Waals surface area (Å²) in [7, 11) is 0. The van der Waals surface area contributed by atoms with E-state index in [2.05, 4.69) is 12.6 Å². The van der Waals surface area contributed by atoms with Gasteiger partial charge in [0.25, 0.3) is 5.56 Å². The highest BCUT2D eigenvalue weighted by molar-refractivity contribution is 5.84. The van der Waals surface area contributed by atoms with Crippen molar-refractivity contribution < 1.29 is 0 Å². The van der Waals surface area contributed by atoms with Crippen LogP contribution in [0.15, 0.2) is 41.7 Å². The third-order valence-electron chi connectivity index (χ3n) is 4.76. The second-order valence-electron chi connectivity index (χ2n) is 6.00. The zero-order valence-corrected chi connectivity index (χ0v) is 12.9. The van der Waals surface area contributed by atoms with E-state index in [-0.39, 0.29) is 5.56 Å². The quantitative estimate of drug-likeness (QED) is 0.683. The minimum absolute atomic E-state index is 0.0349. The normalized spacial score (nSPS) is 13.9. The Labute approximate surface area is 133 Å². The molecule has 1 aliphatic rings. The molecular formula is C19H17N3O. The number of aromatic nitrogens is 2. The Morgan fingerprint density at radius 3 is 2.57 bits per heavy atom. The molecule has 3 aromatic rings.